The number of hydrogen-bond acceptors (Lipinski definition) is 3. The van der Waals surface area contributed by atoms with Gasteiger partial charge >= 0.3 is 0 Å². The Bertz CT molecular complexity index is 470. The van der Waals surface area contributed by atoms with Crippen LogP contribution in [0.2, 0.25) is 0 Å². The first kappa shape index (κ1) is 12.5. The Hall–Kier alpha value is -1.58. The Morgan fingerprint density at radius 3 is 2.89 bits per heavy atom. The molecule has 1 aliphatic heterocycles. The maximum atomic E-state index is 11.7. The number of anilines is 1. The van der Waals surface area contributed by atoms with E-state index in [2.05, 4.69) is 16.4 Å². The quantitative estimate of drug-likeness (QED) is 0.907. The van der Waals surface area contributed by atoms with Gasteiger partial charge in [-0.2, -0.15) is 0 Å². The lowest BCUT2D eigenvalue weighted by Gasteiger charge is -2.30. The van der Waals surface area contributed by atoms with E-state index >= 15 is 0 Å². The molecule has 4 nitrogen and oxygen atoms in total. The summed E-state index contributed by atoms with van der Waals surface area (Å²) < 4.78 is 0. The molecule has 1 aromatic rings. The lowest BCUT2D eigenvalue weighted by atomic mass is 9.92. The van der Waals surface area contributed by atoms with Gasteiger partial charge in [-0.15, -0.1) is 0 Å². The van der Waals surface area contributed by atoms with Crippen molar-refractivity contribution in [1.29, 1.82) is 0 Å². The number of nitrogens with one attached hydrogen (secondary N) is 1. The maximum Gasteiger partial charge on any atom is 0.219 e. The Labute approximate surface area is 114 Å². The molecule has 1 aromatic heterocycles. The molecule has 1 aliphatic carbocycles. The molecule has 19 heavy (non-hydrogen) atoms. The number of amides is 1. The summed E-state index contributed by atoms with van der Waals surface area (Å²) in [5.74, 6) is 1.14. The van der Waals surface area contributed by atoms with Crippen molar-refractivity contribution in [3.63, 3.8) is 0 Å². The smallest absolute Gasteiger partial charge is 0.219 e. The Morgan fingerprint density at radius 1 is 1.37 bits per heavy atom. The first-order valence-electron chi connectivity index (χ1n) is 7.24. The van der Waals surface area contributed by atoms with E-state index in [1.165, 1.54) is 24.8 Å². The third-order valence-corrected chi connectivity index (χ3v) is 4.30. The summed E-state index contributed by atoms with van der Waals surface area (Å²) in [6, 6.07) is 4.85. The van der Waals surface area contributed by atoms with E-state index in [1.54, 1.807) is 6.92 Å². The summed E-state index contributed by atoms with van der Waals surface area (Å²) in [7, 11) is 0. The minimum absolute atomic E-state index is 0.168. The number of aromatic nitrogens is 1. The van der Waals surface area contributed by atoms with E-state index in [9.17, 15) is 4.79 Å². The molecule has 4 heteroatoms. The largest absolute Gasteiger partial charge is 0.367 e. The van der Waals surface area contributed by atoms with Crippen LogP contribution in [-0.4, -0.2) is 28.4 Å². The van der Waals surface area contributed by atoms with Gasteiger partial charge in [-0.05, 0) is 38.2 Å². The molecule has 102 valence electrons. The third-order valence-electron chi connectivity index (χ3n) is 4.30. The molecule has 0 radical (unpaired) electrons. The standard InChI is InChI=1S/C15H21N3O/c1-11(19)18-10-4-8-14(18)13-7-3-9-16-15(13)17-12-5-2-6-12/h3,7,9,12,14H,2,4-6,8,10H2,1H3,(H,16,17)/t14-/m1/s1. The van der Waals surface area contributed by atoms with Gasteiger partial charge in [0.2, 0.25) is 5.91 Å². The Morgan fingerprint density at radius 2 is 2.21 bits per heavy atom. The van der Waals surface area contributed by atoms with Gasteiger partial charge in [-0.1, -0.05) is 6.07 Å². The molecular formula is C15H21N3O. The number of carbonyl (C=O) groups excluding carboxylic acids is 1. The maximum absolute atomic E-state index is 11.7. The van der Waals surface area contributed by atoms with E-state index in [4.69, 9.17) is 0 Å². The van der Waals surface area contributed by atoms with E-state index in [0.29, 0.717) is 6.04 Å². The van der Waals surface area contributed by atoms with Crippen LogP contribution in [0.5, 0.6) is 0 Å². The fourth-order valence-electron chi connectivity index (χ4n) is 3.02. The first-order valence-corrected chi connectivity index (χ1v) is 7.24. The lowest BCUT2D eigenvalue weighted by Crippen LogP contribution is -2.31. The summed E-state index contributed by atoms with van der Waals surface area (Å²) in [5, 5.41) is 3.53. The molecule has 3 rings (SSSR count). The summed E-state index contributed by atoms with van der Waals surface area (Å²) in [6.45, 7) is 2.53. The van der Waals surface area contributed by atoms with Gasteiger partial charge in [0.1, 0.15) is 5.82 Å². The average Bonchev–Trinajstić information content (AvgIpc) is 2.83. The minimum atomic E-state index is 0.168. The SMILES string of the molecule is CC(=O)N1CCC[C@@H]1c1cccnc1NC1CCC1. The second-order valence-electron chi connectivity index (χ2n) is 5.58. The molecule has 1 saturated carbocycles. The fraction of sp³-hybridized carbons (Fsp3) is 0.600. The van der Waals surface area contributed by atoms with Gasteiger partial charge in [0.25, 0.3) is 0 Å². The zero-order chi connectivity index (χ0) is 13.2. The van der Waals surface area contributed by atoms with Gasteiger partial charge in [0, 0.05) is 31.3 Å². The number of likely N-dealkylation sites (tertiary alicyclic amines) is 1. The van der Waals surface area contributed by atoms with Crippen molar-refractivity contribution in [3.05, 3.63) is 23.9 Å². The van der Waals surface area contributed by atoms with Crippen molar-refractivity contribution in [2.45, 2.75) is 51.1 Å². The summed E-state index contributed by atoms with van der Waals surface area (Å²) in [5.41, 5.74) is 1.18. The second kappa shape index (κ2) is 5.19. The van der Waals surface area contributed by atoms with Crippen LogP contribution in [-0.2, 0) is 4.79 Å². The Kier molecular flexibility index (Phi) is 3.40. The van der Waals surface area contributed by atoms with Crippen LogP contribution < -0.4 is 5.32 Å². The van der Waals surface area contributed by atoms with Crippen molar-refractivity contribution in [2.24, 2.45) is 0 Å². The van der Waals surface area contributed by atoms with Crippen molar-refractivity contribution in [2.75, 3.05) is 11.9 Å². The van der Waals surface area contributed by atoms with Crippen LogP contribution in [0.15, 0.2) is 18.3 Å². The van der Waals surface area contributed by atoms with Gasteiger partial charge in [0.05, 0.1) is 6.04 Å². The molecule has 2 fully saturated rings. The number of hydrogen-bond donors (Lipinski definition) is 1. The van der Waals surface area contributed by atoms with Gasteiger partial charge < -0.3 is 10.2 Å². The highest BCUT2D eigenvalue weighted by atomic mass is 16.2. The number of pyridine rings is 1. The van der Waals surface area contributed by atoms with Gasteiger partial charge in [0.15, 0.2) is 0 Å². The van der Waals surface area contributed by atoms with Crippen molar-refractivity contribution in [3.8, 4) is 0 Å². The van der Waals surface area contributed by atoms with E-state index < -0.39 is 0 Å². The highest BCUT2D eigenvalue weighted by Crippen LogP contribution is 2.36. The zero-order valence-corrected chi connectivity index (χ0v) is 11.4. The van der Waals surface area contributed by atoms with Crippen LogP contribution in [0, 0.1) is 0 Å². The monoisotopic (exact) mass is 259 g/mol. The minimum Gasteiger partial charge on any atom is -0.367 e. The molecule has 2 aliphatic rings. The molecule has 0 spiro atoms. The van der Waals surface area contributed by atoms with Crippen molar-refractivity contribution < 1.29 is 4.79 Å². The highest BCUT2D eigenvalue weighted by Gasteiger charge is 2.30. The Balaban J connectivity index is 1.84. The fourth-order valence-corrected chi connectivity index (χ4v) is 3.02. The average molecular weight is 259 g/mol. The van der Waals surface area contributed by atoms with Crippen molar-refractivity contribution in [1.82, 2.24) is 9.88 Å². The van der Waals surface area contributed by atoms with E-state index in [1.807, 2.05) is 17.2 Å². The highest BCUT2D eigenvalue weighted by molar-refractivity contribution is 5.74. The summed E-state index contributed by atoms with van der Waals surface area (Å²) in [6.07, 6.45) is 7.74. The predicted octanol–water partition coefficient (Wildman–Crippen LogP) is 2.73. The topological polar surface area (TPSA) is 45.2 Å². The third kappa shape index (κ3) is 2.44. The summed E-state index contributed by atoms with van der Waals surface area (Å²) >= 11 is 0. The molecule has 1 amide bonds. The van der Waals surface area contributed by atoms with Crippen LogP contribution in [0.4, 0.5) is 5.82 Å². The predicted molar refractivity (Wildman–Crippen MR) is 74.9 cm³/mol. The van der Waals surface area contributed by atoms with E-state index in [-0.39, 0.29) is 11.9 Å². The lowest BCUT2D eigenvalue weighted by molar-refractivity contribution is -0.129. The second-order valence-corrected chi connectivity index (χ2v) is 5.58. The number of rotatable bonds is 3. The molecule has 1 saturated heterocycles. The molecule has 1 N–H and O–H groups in total. The molecule has 1 atom stereocenters. The molecule has 2 heterocycles. The summed E-state index contributed by atoms with van der Waals surface area (Å²) in [4.78, 5) is 18.2. The molecule has 0 bridgehead atoms. The number of nitrogens with zero attached hydrogens (tertiary/aromatic N) is 2. The first-order chi connectivity index (χ1) is 9.25. The van der Waals surface area contributed by atoms with Crippen LogP contribution in [0.3, 0.4) is 0 Å². The van der Waals surface area contributed by atoms with E-state index in [0.717, 1.165) is 25.2 Å². The molecule has 0 aromatic carbocycles. The van der Waals surface area contributed by atoms with Crippen LogP contribution in [0.1, 0.15) is 50.6 Å². The zero-order valence-electron chi connectivity index (χ0n) is 11.4. The number of carbonyl (C=O) groups is 1. The van der Waals surface area contributed by atoms with Crippen LogP contribution >= 0.6 is 0 Å². The van der Waals surface area contributed by atoms with Gasteiger partial charge in [-0.3, -0.25) is 4.79 Å². The van der Waals surface area contributed by atoms with Gasteiger partial charge in [-0.25, -0.2) is 4.98 Å². The normalized spacial score (nSPS) is 23.2. The molecule has 0 unspecified atom stereocenters. The van der Waals surface area contributed by atoms with Crippen LogP contribution in [0.25, 0.3) is 0 Å². The van der Waals surface area contributed by atoms with Crippen molar-refractivity contribution >= 4 is 11.7 Å². The molecular weight excluding hydrogens is 238 g/mol.